The number of aromatic nitrogens is 2. The molecule has 0 unspecified atom stereocenters. The van der Waals surface area contributed by atoms with E-state index in [0.29, 0.717) is 0 Å². The summed E-state index contributed by atoms with van der Waals surface area (Å²) in [5.74, 6) is -0.892. The molecule has 106 valence electrons. The van der Waals surface area contributed by atoms with E-state index in [0.717, 1.165) is 0 Å². The highest BCUT2D eigenvalue weighted by atomic mass is 16.5. The van der Waals surface area contributed by atoms with Gasteiger partial charge in [-0.05, 0) is 13.8 Å². The van der Waals surface area contributed by atoms with Crippen molar-refractivity contribution in [2.75, 3.05) is 13.2 Å². The van der Waals surface area contributed by atoms with E-state index in [-0.39, 0.29) is 35.6 Å². The number of aromatic amines is 1. The summed E-state index contributed by atoms with van der Waals surface area (Å²) in [6.07, 6.45) is 1.19. The Kier molecular flexibility index (Phi) is 3.83. The van der Waals surface area contributed by atoms with Gasteiger partial charge >= 0.3 is 5.97 Å². The molecule has 0 aliphatic heterocycles. The van der Waals surface area contributed by atoms with Gasteiger partial charge in [-0.25, -0.2) is 4.98 Å². The number of furan rings is 1. The number of hydrogen-bond donors (Lipinski definition) is 2. The highest BCUT2D eigenvalue weighted by Gasteiger charge is 2.21. The lowest BCUT2D eigenvalue weighted by Crippen LogP contribution is -2.31. The zero-order chi connectivity index (χ0) is 14.7. The van der Waals surface area contributed by atoms with Crippen LogP contribution < -0.4 is 10.9 Å². The molecule has 8 heteroatoms. The molecule has 0 fully saturated rings. The van der Waals surface area contributed by atoms with Crippen molar-refractivity contribution in [3.8, 4) is 0 Å². The second-order valence-electron chi connectivity index (χ2n) is 3.93. The molecule has 0 aliphatic carbocycles. The Morgan fingerprint density at radius 3 is 2.95 bits per heavy atom. The van der Waals surface area contributed by atoms with Gasteiger partial charge in [-0.15, -0.1) is 0 Å². The molecule has 0 spiro atoms. The number of esters is 1. The lowest BCUT2D eigenvalue weighted by molar-refractivity contribution is -0.141. The lowest BCUT2D eigenvalue weighted by atomic mass is 10.2. The first-order valence-corrected chi connectivity index (χ1v) is 5.95. The minimum absolute atomic E-state index is 0.0614. The van der Waals surface area contributed by atoms with Gasteiger partial charge in [0.1, 0.15) is 17.7 Å². The fourth-order valence-electron chi connectivity index (χ4n) is 1.78. The van der Waals surface area contributed by atoms with Crippen molar-refractivity contribution in [3.63, 3.8) is 0 Å². The highest BCUT2D eigenvalue weighted by molar-refractivity contribution is 6.06. The molecule has 0 bridgehead atoms. The van der Waals surface area contributed by atoms with Gasteiger partial charge in [0.25, 0.3) is 11.5 Å². The van der Waals surface area contributed by atoms with Crippen molar-refractivity contribution in [3.05, 3.63) is 28.0 Å². The number of aryl methyl sites for hydroxylation is 1. The molecule has 20 heavy (non-hydrogen) atoms. The Hall–Kier alpha value is -2.64. The second kappa shape index (κ2) is 5.55. The Labute approximate surface area is 113 Å². The van der Waals surface area contributed by atoms with Crippen LogP contribution in [0.15, 0.2) is 15.5 Å². The summed E-state index contributed by atoms with van der Waals surface area (Å²) in [5.41, 5.74) is -0.334. The molecule has 0 atom stereocenters. The summed E-state index contributed by atoms with van der Waals surface area (Å²) in [7, 11) is 0. The molecule has 0 radical (unpaired) electrons. The van der Waals surface area contributed by atoms with Gasteiger partial charge in [-0.3, -0.25) is 14.4 Å². The van der Waals surface area contributed by atoms with Crippen LogP contribution in [-0.4, -0.2) is 35.0 Å². The normalized spacial score (nSPS) is 10.5. The third kappa shape index (κ3) is 2.53. The summed E-state index contributed by atoms with van der Waals surface area (Å²) < 4.78 is 9.94. The SMILES string of the molecule is CCOC(=O)CNC(=O)c1c(C)oc2nc[nH]c(=O)c12. The summed E-state index contributed by atoms with van der Waals surface area (Å²) in [6.45, 7) is 3.15. The van der Waals surface area contributed by atoms with Crippen LogP contribution >= 0.6 is 0 Å². The van der Waals surface area contributed by atoms with Crippen LogP contribution in [0.4, 0.5) is 0 Å². The van der Waals surface area contributed by atoms with E-state index < -0.39 is 17.4 Å². The first kappa shape index (κ1) is 13.8. The van der Waals surface area contributed by atoms with Crippen molar-refractivity contribution in [2.45, 2.75) is 13.8 Å². The zero-order valence-electron chi connectivity index (χ0n) is 11.0. The Balaban J connectivity index is 2.29. The van der Waals surface area contributed by atoms with Crippen molar-refractivity contribution in [1.82, 2.24) is 15.3 Å². The monoisotopic (exact) mass is 279 g/mol. The van der Waals surface area contributed by atoms with E-state index in [1.165, 1.54) is 6.33 Å². The molecule has 0 saturated heterocycles. The second-order valence-corrected chi connectivity index (χ2v) is 3.93. The Morgan fingerprint density at radius 2 is 2.25 bits per heavy atom. The van der Waals surface area contributed by atoms with Crippen LogP contribution in [0.5, 0.6) is 0 Å². The van der Waals surface area contributed by atoms with Gasteiger partial charge in [0, 0.05) is 0 Å². The number of amides is 1. The minimum Gasteiger partial charge on any atom is -0.465 e. The molecule has 2 aromatic heterocycles. The molecular weight excluding hydrogens is 266 g/mol. The average Bonchev–Trinajstić information content (AvgIpc) is 2.74. The maximum atomic E-state index is 12.0. The standard InChI is InChI=1S/C12H13N3O5/c1-3-19-7(16)4-13-10(17)8-6(2)20-12-9(8)11(18)14-5-15-12/h5H,3-4H2,1-2H3,(H,13,17)(H,14,15,18). The molecule has 2 heterocycles. The van der Waals surface area contributed by atoms with Crippen molar-refractivity contribution < 1.29 is 18.7 Å². The predicted molar refractivity (Wildman–Crippen MR) is 68.3 cm³/mol. The van der Waals surface area contributed by atoms with E-state index in [1.807, 2.05) is 0 Å². The summed E-state index contributed by atoms with van der Waals surface area (Å²) in [6, 6.07) is 0. The zero-order valence-corrected chi connectivity index (χ0v) is 11.0. The third-order valence-electron chi connectivity index (χ3n) is 2.60. The number of rotatable bonds is 4. The predicted octanol–water partition coefficient (Wildman–Crippen LogP) is 0.117. The molecule has 2 N–H and O–H groups in total. The maximum absolute atomic E-state index is 12.0. The van der Waals surface area contributed by atoms with Crippen LogP contribution in [0.25, 0.3) is 11.1 Å². The van der Waals surface area contributed by atoms with Crippen molar-refractivity contribution in [1.29, 1.82) is 0 Å². The Morgan fingerprint density at radius 1 is 1.50 bits per heavy atom. The van der Waals surface area contributed by atoms with Crippen LogP contribution in [0.2, 0.25) is 0 Å². The number of carbonyl (C=O) groups is 2. The number of hydrogen-bond acceptors (Lipinski definition) is 6. The van der Waals surface area contributed by atoms with Gasteiger partial charge < -0.3 is 19.5 Å². The average molecular weight is 279 g/mol. The van der Waals surface area contributed by atoms with Gasteiger partial charge in [-0.1, -0.05) is 0 Å². The number of nitrogens with zero attached hydrogens (tertiary/aromatic N) is 1. The maximum Gasteiger partial charge on any atom is 0.325 e. The van der Waals surface area contributed by atoms with Crippen molar-refractivity contribution in [2.24, 2.45) is 0 Å². The molecule has 1 amide bonds. The van der Waals surface area contributed by atoms with Gasteiger partial charge in [-0.2, -0.15) is 0 Å². The molecule has 0 saturated carbocycles. The molecule has 0 aliphatic rings. The number of ether oxygens (including phenoxy) is 1. The minimum atomic E-state index is -0.590. The molecule has 2 aromatic rings. The fraction of sp³-hybridized carbons (Fsp3) is 0.333. The van der Waals surface area contributed by atoms with Gasteiger partial charge in [0.15, 0.2) is 0 Å². The molecular formula is C12H13N3O5. The number of H-pyrrole nitrogens is 1. The summed E-state index contributed by atoms with van der Waals surface area (Å²) in [4.78, 5) is 41.2. The number of carbonyl (C=O) groups excluding carboxylic acids is 2. The summed E-state index contributed by atoms with van der Waals surface area (Å²) in [5, 5.41) is 2.44. The van der Waals surface area contributed by atoms with Gasteiger partial charge in [0.2, 0.25) is 5.71 Å². The number of fused-ring (bicyclic) bond motifs is 1. The number of nitrogens with one attached hydrogen (secondary N) is 2. The van der Waals surface area contributed by atoms with E-state index in [4.69, 9.17) is 9.15 Å². The topological polar surface area (TPSA) is 114 Å². The van der Waals surface area contributed by atoms with Crippen molar-refractivity contribution >= 4 is 23.0 Å². The lowest BCUT2D eigenvalue weighted by Gasteiger charge is -2.04. The largest absolute Gasteiger partial charge is 0.465 e. The van der Waals surface area contributed by atoms with Crippen LogP contribution in [0.3, 0.4) is 0 Å². The van der Waals surface area contributed by atoms with E-state index >= 15 is 0 Å². The van der Waals surface area contributed by atoms with Crippen LogP contribution in [0, 0.1) is 6.92 Å². The van der Waals surface area contributed by atoms with E-state index in [9.17, 15) is 14.4 Å². The van der Waals surface area contributed by atoms with E-state index in [2.05, 4.69) is 15.3 Å². The quantitative estimate of drug-likeness (QED) is 0.768. The van der Waals surface area contributed by atoms with Crippen LogP contribution in [-0.2, 0) is 9.53 Å². The molecule has 8 nitrogen and oxygen atoms in total. The first-order chi connectivity index (χ1) is 9.54. The van der Waals surface area contributed by atoms with Gasteiger partial charge in [0.05, 0.1) is 18.5 Å². The highest BCUT2D eigenvalue weighted by Crippen LogP contribution is 2.19. The summed E-state index contributed by atoms with van der Waals surface area (Å²) >= 11 is 0. The van der Waals surface area contributed by atoms with Crippen LogP contribution in [0.1, 0.15) is 23.0 Å². The molecule has 2 rings (SSSR count). The Bertz CT molecular complexity index is 715. The van der Waals surface area contributed by atoms with E-state index in [1.54, 1.807) is 13.8 Å². The molecule has 0 aromatic carbocycles. The smallest absolute Gasteiger partial charge is 0.325 e. The third-order valence-corrected chi connectivity index (χ3v) is 2.60. The fourth-order valence-corrected chi connectivity index (χ4v) is 1.78. The first-order valence-electron chi connectivity index (χ1n) is 5.95.